The van der Waals surface area contributed by atoms with Gasteiger partial charge >= 0.3 is 5.97 Å². The molecule has 172 valence electrons. The molecule has 0 amide bonds. The number of carbonyl (C=O) groups excluding carboxylic acids is 1. The van der Waals surface area contributed by atoms with E-state index in [2.05, 4.69) is 50.9 Å². The molecule has 1 unspecified atom stereocenters. The van der Waals surface area contributed by atoms with Crippen LogP contribution in [0.25, 0.3) is 0 Å². The zero-order valence-electron chi connectivity index (χ0n) is 20.3. The lowest BCUT2D eigenvalue weighted by atomic mass is 9.69. The summed E-state index contributed by atoms with van der Waals surface area (Å²) in [5, 5.41) is 10.1. The van der Waals surface area contributed by atoms with Gasteiger partial charge in [0, 0.05) is 6.54 Å². The fourth-order valence-electron chi connectivity index (χ4n) is 4.19. The first kappa shape index (κ1) is 25.4. The van der Waals surface area contributed by atoms with E-state index in [0.717, 1.165) is 49.2 Å². The number of aryl methyl sites for hydroxylation is 1. The van der Waals surface area contributed by atoms with Crippen LogP contribution in [0.5, 0.6) is 5.75 Å². The van der Waals surface area contributed by atoms with E-state index in [-0.39, 0.29) is 11.9 Å². The quantitative estimate of drug-likeness (QED) is 0.455. The Balaban J connectivity index is 1.98. The van der Waals surface area contributed by atoms with Crippen molar-refractivity contribution in [2.75, 3.05) is 34.4 Å². The second-order valence-corrected chi connectivity index (χ2v) is 8.77. The van der Waals surface area contributed by atoms with E-state index in [4.69, 9.17) is 9.47 Å². The molecule has 0 radical (unpaired) electrons. The lowest BCUT2D eigenvalue weighted by Crippen LogP contribution is -2.32. The summed E-state index contributed by atoms with van der Waals surface area (Å²) >= 11 is 0. The smallest absolute Gasteiger partial charge is 0.337 e. The van der Waals surface area contributed by atoms with Crippen LogP contribution in [-0.4, -0.2) is 45.2 Å². The minimum absolute atomic E-state index is 0.157. The number of esters is 1. The summed E-state index contributed by atoms with van der Waals surface area (Å²) in [6.45, 7) is 8.13. The van der Waals surface area contributed by atoms with Crippen molar-refractivity contribution in [1.82, 2.24) is 4.90 Å². The van der Waals surface area contributed by atoms with Crippen molar-refractivity contribution in [3.05, 3.63) is 64.7 Å². The highest BCUT2D eigenvalue weighted by Crippen LogP contribution is 2.36. The number of likely N-dealkylation sites (N-methyl/N-ethyl adjacent to an activating group) is 1. The highest BCUT2D eigenvalue weighted by molar-refractivity contribution is 5.89. The molecule has 0 heterocycles. The Morgan fingerprint density at radius 3 is 2.34 bits per heavy atom. The molecule has 2 aromatic carbocycles. The average Bonchev–Trinajstić information content (AvgIpc) is 2.80. The largest absolute Gasteiger partial charge is 0.496 e. The molecule has 0 aliphatic heterocycles. The predicted octanol–water partition coefficient (Wildman–Crippen LogP) is 5.16. The number of rotatable bonds is 11. The topological polar surface area (TPSA) is 62.6 Å². The molecule has 2 aromatic rings. The number of hydrogen-bond acceptors (Lipinski definition) is 5. The maximum atomic E-state index is 11.7. The van der Waals surface area contributed by atoms with Gasteiger partial charge < -0.3 is 14.4 Å². The zero-order chi connectivity index (χ0) is 23.7. The van der Waals surface area contributed by atoms with E-state index in [9.17, 15) is 10.1 Å². The maximum Gasteiger partial charge on any atom is 0.337 e. The van der Waals surface area contributed by atoms with E-state index in [1.807, 2.05) is 18.2 Å². The Kier molecular flexibility index (Phi) is 9.28. The molecule has 0 N–H and O–H groups in total. The van der Waals surface area contributed by atoms with Crippen LogP contribution in [0.1, 0.15) is 53.7 Å². The van der Waals surface area contributed by atoms with Crippen LogP contribution in [0.3, 0.4) is 0 Å². The van der Waals surface area contributed by atoms with E-state index >= 15 is 0 Å². The van der Waals surface area contributed by atoms with Gasteiger partial charge in [-0.25, -0.2) is 4.79 Å². The van der Waals surface area contributed by atoms with Crippen molar-refractivity contribution in [3.63, 3.8) is 0 Å². The van der Waals surface area contributed by atoms with Crippen molar-refractivity contribution in [2.24, 2.45) is 5.92 Å². The van der Waals surface area contributed by atoms with Crippen LogP contribution >= 0.6 is 0 Å². The summed E-state index contributed by atoms with van der Waals surface area (Å²) < 4.78 is 10.1. The number of methoxy groups -OCH3 is 2. The predicted molar refractivity (Wildman–Crippen MR) is 128 cm³/mol. The number of carbonyl (C=O) groups is 1. The van der Waals surface area contributed by atoms with Gasteiger partial charge in [0.15, 0.2) is 0 Å². The van der Waals surface area contributed by atoms with Crippen molar-refractivity contribution in [1.29, 1.82) is 5.26 Å². The van der Waals surface area contributed by atoms with Crippen molar-refractivity contribution in [3.8, 4) is 11.8 Å². The molecule has 1 atom stereocenters. The fourth-order valence-corrected chi connectivity index (χ4v) is 4.19. The van der Waals surface area contributed by atoms with Crippen LogP contribution in [-0.2, 0) is 16.6 Å². The molecule has 5 nitrogen and oxygen atoms in total. The highest BCUT2D eigenvalue weighted by atomic mass is 16.5. The zero-order valence-corrected chi connectivity index (χ0v) is 20.3. The third-order valence-electron chi connectivity index (χ3n) is 6.36. The number of benzene rings is 2. The van der Waals surface area contributed by atoms with Crippen LogP contribution in [0.15, 0.2) is 42.5 Å². The van der Waals surface area contributed by atoms with Crippen molar-refractivity contribution < 1.29 is 14.3 Å². The number of nitrogens with zero attached hydrogens (tertiary/aromatic N) is 2. The molecule has 0 aliphatic carbocycles. The highest BCUT2D eigenvalue weighted by Gasteiger charge is 2.35. The molecule has 0 aliphatic rings. The summed E-state index contributed by atoms with van der Waals surface area (Å²) in [6.07, 6.45) is 2.66. The second-order valence-electron chi connectivity index (χ2n) is 8.77. The molecule has 0 aromatic heterocycles. The number of hydrogen-bond donors (Lipinski definition) is 0. The van der Waals surface area contributed by atoms with Crippen LogP contribution in [0.2, 0.25) is 0 Å². The van der Waals surface area contributed by atoms with Gasteiger partial charge in [-0.3, -0.25) is 0 Å². The second kappa shape index (κ2) is 11.7. The van der Waals surface area contributed by atoms with Gasteiger partial charge in [-0.15, -0.1) is 0 Å². The Labute approximate surface area is 193 Å². The molecule has 0 fully saturated rings. The van der Waals surface area contributed by atoms with E-state index in [1.54, 1.807) is 19.2 Å². The number of nitriles is 1. The van der Waals surface area contributed by atoms with Gasteiger partial charge in [0.2, 0.25) is 0 Å². The first-order valence-electron chi connectivity index (χ1n) is 11.2. The lowest BCUT2D eigenvalue weighted by Gasteiger charge is -2.32. The van der Waals surface area contributed by atoms with Crippen molar-refractivity contribution >= 4 is 5.97 Å². The Bertz CT molecular complexity index is 931. The Hall–Kier alpha value is -2.84. The molecule has 0 spiro atoms. The van der Waals surface area contributed by atoms with Gasteiger partial charge in [-0.05, 0) is 80.6 Å². The minimum atomic E-state index is -0.581. The van der Waals surface area contributed by atoms with Crippen molar-refractivity contribution in [2.45, 2.75) is 45.4 Å². The number of ether oxygens (including phenoxy) is 2. The first-order valence-corrected chi connectivity index (χ1v) is 11.2. The van der Waals surface area contributed by atoms with Gasteiger partial charge in [0.25, 0.3) is 0 Å². The summed E-state index contributed by atoms with van der Waals surface area (Å²) in [5.41, 5.74) is 3.33. The molecule has 0 bridgehead atoms. The normalized spacial score (nSPS) is 13.0. The molecular formula is C27H36N2O3. The summed E-state index contributed by atoms with van der Waals surface area (Å²) in [6, 6.07) is 16.2. The van der Waals surface area contributed by atoms with Gasteiger partial charge in [-0.2, -0.15) is 5.26 Å². The maximum absolute atomic E-state index is 11.7. The SMILES string of the molecule is COC(=O)c1ccc(C(C#N)(CCCN(C)CCc2ccc(OC)c(C)c2)C(C)C)cc1. The van der Waals surface area contributed by atoms with E-state index in [1.165, 1.54) is 12.7 Å². The van der Waals surface area contributed by atoms with Crippen LogP contribution in [0, 0.1) is 24.2 Å². The Morgan fingerprint density at radius 2 is 1.81 bits per heavy atom. The monoisotopic (exact) mass is 436 g/mol. The minimum Gasteiger partial charge on any atom is -0.496 e. The van der Waals surface area contributed by atoms with E-state index < -0.39 is 5.41 Å². The summed E-state index contributed by atoms with van der Waals surface area (Å²) in [5.74, 6) is 0.713. The standard InChI is InChI=1S/C27H36N2O3/c1-20(2)27(19-28,24-11-9-23(10-12-24)26(30)32-6)15-7-16-29(4)17-14-22-8-13-25(31-5)21(3)18-22/h8-13,18,20H,7,14-17H2,1-6H3. The van der Waals surface area contributed by atoms with Gasteiger partial charge in [0.05, 0.1) is 31.3 Å². The molecule has 5 heteroatoms. The third-order valence-corrected chi connectivity index (χ3v) is 6.36. The summed E-state index contributed by atoms with van der Waals surface area (Å²) in [4.78, 5) is 14.1. The van der Waals surface area contributed by atoms with Gasteiger partial charge in [-0.1, -0.05) is 38.1 Å². The van der Waals surface area contributed by atoms with E-state index in [0.29, 0.717) is 5.56 Å². The fraction of sp³-hybridized carbons (Fsp3) is 0.481. The molecule has 2 rings (SSSR count). The Morgan fingerprint density at radius 1 is 1.12 bits per heavy atom. The molecule has 32 heavy (non-hydrogen) atoms. The average molecular weight is 437 g/mol. The summed E-state index contributed by atoms with van der Waals surface area (Å²) in [7, 11) is 5.20. The molecule has 0 saturated heterocycles. The van der Waals surface area contributed by atoms with Gasteiger partial charge in [0.1, 0.15) is 5.75 Å². The van der Waals surface area contributed by atoms with Crippen LogP contribution < -0.4 is 4.74 Å². The lowest BCUT2D eigenvalue weighted by molar-refractivity contribution is 0.0600. The first-order chi connectivity index (χ1) is 15.3. The molecular weight excluding hydrogens is 400 g/mol. The molecule has 0 saturated carbocycles. The third kappa shape index (κ3) is 6.11. The van der Waals surface area contributed by atoms with Crippen LogP contribution in [0.4, 0.5) is 0 Å².